The number of H-pyrrole nitrogens is 1. The van der Waals surface area contributed by atoms with Crippen LogP contribution in [0.25, 0.3) is 0 Å². The molecule has 1 aliphatic rings. The molecule has 1 amide bonds. The molecule has 1 saturated heterocycles. The van der Waals surface area contributed by atoms with Gasteiger partial charge >= 0.3 is 0 Å². The second-order valence-corrected chi connectivity index (χ2v) is 4.46. The molecular formula is C11H18N4O2. The first kappa shape index (κ1) is 12.1. The van der Waals surface area contributed by atoms with Gasteiger partial charge in [-0.1, -0.05) is 0 Å². The first-order valence-corrected chi connectivity index (χ1v) is 5.77. The van der Waals surface area contributed by atoms with Gasteiger partial charge in [-0.3, -0.25) is 9.89 Å². The number of nitrogens with one attached hydrogen (secondary N) is 2. The standard InChI is InChI=1S/C11H18N4O2/c1-8-9(6-13-15-8)10(16)14-11(7-12)2-4-17-5-3-11/h6H,2-5,7,12H2,1H3,(H,13,15)(H,14,16). The molecule has 0 unspecified atom stereocenters. The van der Waals surface area contributed by atoms with Crippen LogP contribution in [0.1, 0.15) is 28.9 Å². The van der Waals surface area contributed by atoms with Gasteiger partial charge in [0, 0.05) is 25.5 Å². The lowest BCUT2D eigenvalue weighted by Gasteiger charge is -2.36. The molecule has 0 aromatic carbocycles. The monoisotopic (exact) mass is 238 g/mol. The van der Waals surface area contributed by atoms with E-state index in [-0.39, 0.29) is 11.4 Å². The van der Waals surface area contributed by atoms with E-state index in [2.05, 4.69) is 15.5 Å². The number of aromatic amines is 1. The molecule has 0 spiro atoms. The lowest BCUT2D eigenvalue weighted by molar-refractivity contribution is 0.0388. The molecule has 0 aliphatic carbocycles. The van der Waals surface area contributed by atoms with E-state index in [4.69, 9.17) is 10.5 Å². The van der Waals surface area contributed by atoms with Gasteiger partial charge in [0.25, 0.3) is 5.91 Å². The maximum absolute atomic E-state index is 12.1. The Balaban J connectivity index is 2.08. The van der Waals surface area contributed by atoms with Crippen LogP contribution in [0.15, 0.2) is 6.20 Å². The van der Waals surface area contributed by atoms with E-state index < -0.39 is 0 Å². The number of aromatic nitrogens is 2. The van der Waals surface area contributed by atoms with Crippen LogP contribution in [0, 0.1) is 6.92 Å². The van der Waals surface area contributed by atoms with Crippen LogP contribution >= 0.6 is 0 Å². The molecule has 6 nitrogen and oxygen atoms in total. The Hall–Kier alpha value is -1.40. The van der Waals surface area contributed by atoms with Gasteiger partial charge in [-0.05, 0) is 19.8 Å². The number of hydrogen-bond acceptors (Lipinski definition) is 4. The third kappa shape index (κ3) is 2.48. The quantitative estimate of drug-likeness (QED) is 0.688. The summed E-state index contributed by atoms with van der Waals surface area (Å²) in [4.78, 5) is 12.1. The van der Waals surface area contributed by atoms with Crippen molar-refractivity contribution in [3.05, 3.63) is 17.5 Å². The molecule has 4 N–H and O–H groups in total. The summed E-state index contributed by atoms with van der Waals surface area (Å²) in [5, 5.41) is 9.61. The molecule has 0 atom stereocenters. The minimum atomic E-state index is -0.334. The molecule has 0 radical (unpaired) electrons. The van der Waals surface area contributed by atoms with Gasteiger partial charge in [0.15, 0.2) is 0 Å². The molecule has 1 fully saturated rings. The summed E-state index contributed by atoms with van der Waals surface area (Å²) in [5.74, 6) is -0.122. The van der Waals surface area contributed by atoms with Crippen molar-refractivity contribution in [3.8, 4) is 0 Å². The molecule has 17 heavy (non-hydrogen) atoms. The number of aryl methyl sites for hydroxylation is 1. The molecule has 0 bridgehead atoms. The van der Waals surface area contributed by atoms with Gasteiger partial charge in [0.1, 0.15) is 0 Å². The SMILES string of the molecule is Cc1[nH]ncc1C(=O)NC1(CN)CCOCC1. The van der Waals surface area contributed by atoms with E-state index in [1.165, 1.54) is 6.20 Å². The van der Waals surface area contributed by atoms with E-state index >= 15 is 0 Å². The molecule has 1 aromatic rings. The van der Waals surface area contributed by atoms with Crippen molar-refractivity contribution in [1.29, 1.82) is 0 Å². The van der Waals surface area contributed by atoms with Gasteiger partial charge in [-0.25, -0.2) is 0 Å². The predicted molar refractivity (Wildman–Crippen MR) is 62.6 cm³/mol. The Kier molecular flexibility index (Phi) is 3.44. The predicted octanol–water partition coefficient (Wildman–Crippen LogP) is -0.0442. The molecule has 94 valence electrons. The highest BCUT2D eigenvalue weighted by molar-refractivity contribution is 5.95. The number of nitrogens with zero attached hydrogens (tertiary/aromatic N) is 1. The zero-order valence-corrected chi connectivity index (χ0v) is 9.95. The zero-order chi connectivity index (χ0) is 12.3. The van der Waals surface area contributed by atoms with Crippen LogP contribution in [0.2, 0.25) is 0 Å². The molecule has 0 saturated carbocycles. The van der Waals surface area contributed by atoms with Crippen LogP contribution in [0.5, 0.6) is 0 Å². The highest BCUT2D eigenvalue weighted by Gasteiger charge is 2.33. The van der Waals surface area contributed by atoms with E-state index in [0.29, 0.717) is 25.3 Å². The first-order valence-electron chi connectivity index (χ1n) is 5.77. The highest BCUT2D eigenvalue weighted by Crippen LogP contribution is 2.20. The van der Waals surface area contributed by atoms with Crippen LogP contribution in [-0.2, 0) is 4.74 Å². The van der Waals surface area contributed by atoms with Gasteiger partial charge < -0.3 is 15.8 Å². The fraction of sp³-hybridized carbons (Fsp3) is 0.636. The molecule has 2 rings (SSSR count). The van der Waals surface area contributed by atoms with Crippen LogP contribution in [0.4, 0.5) is 0 Å². The third-order valence-electron chi connectivity index (χ3n) is 3.29. The lowest BCUT2D eigenvalue weighted by atomic mass is 9.90. The van der Waals surface area contributed by atoms with Crippen molar-refractivity contribution >= 4 is 5.91 Å². The summed E-state index contributed by atoms with van der Waals surface area (Å²) in [6.07, 6.45) is 3.05. The Labute approximate surface area is 99.9 Å². The minimum absolute atomic E-state index is 0.122. The maximum atomic E-state index is 12.1. The third-order valence-corrected chi connectivity index (χ3v) is 3.29. The number of nitrogens with two attached hydrogens (primary N) is 1. The number of ether oxygens (including phenoxy) is 1. The van der Waals surface area contributed by atoms with Crippen LogP contribution in [-0.4, -0.2) is 41.4 Å². The summed E-state index contributed by atoms with van der Waals surface area (Å²) < 4.78 is 5.30. The van der Waals surface area contributed by atoms with E-state index in [0.717, 1.165) is 18.5 Å². The fourth-order valence-corrected chi connectivity index (χ4v) is 2.03. The molecule has 6 heteroatoms. The topological polar surface area (TPSA) is 93.0 Å². The second-order valence-electron chi connectivity index (χ2n) is 4.46. The van der Waals surface area contributed by atoms with Crippen molar-refractivity contribution in [2.45, 2.75) is 25.3 Å². The van der Waals surface area contributed by atoms with E-state index in [9.17, 15) is 4.79 Å². The number of carbonyl (C=O) groups excluding carboxylic acids is 1. The maximum Gasteiger partial charge on any atom is 0.255 e. The average Bonchev–Trinajstić information content (AvgIpc) is 2.77. The Morgan fingerprint density at radius 3 is 2.88 bits per heavy atom. The van der Waals surface area contributed by atoms with Crippen molar-refractivity contribution in [1.82, 2.24) is 15.5 Å². The minimum Gasteiger partial charge on any atom is -0.381 e. The fourth-order valence-electron chi connectivity index (χ4n) is 2.03. The second kappa shape index (κ2) is 4.85. The van der Waals surface area contributed by atoms with Crippen molar-refractivity contribution in [2.24, 2.45) is 5.73 Å². The van der Waals surface area contributed by atoms with Crippen LogP contribution < -0.4 is 11.1 Å². The van der Waals surface area contributed by atoms with Gasteiger partial charge in [-0.15, -0.1) is 0 Å². The summed E-state index contributed by atoms with van der Waals surface area (Å²) in [6, 6.07) is 0. The summed E-state index contributed by atoms with van der Waals surface area (Å²) in [6.45, 7) is 3.53. The Morgan fingerprint density at radius 1 is 1.65 bits per heavy atom. The van der Waals surface area contributed by atoms with E-state index in [1.807, 2.05) is 6.92 Å². The van der Waals surface area contributed by atoms with Crippen molar-refractivity contribution in [2.75, 3.05) is 19.8 Å². The molecule has 1 aromatic heterocycles. The van der Waals surface area contributed by atoms with Gasteiger partial charge in [0.2, 0.25) is 0 Å². The normalized spacial score (nSPS) is 18.9. The number of amides is 1. The van der Waals surface area contributed by atoms with E-state index in [1.54, 1.807) is 0 Å². The van der Waals surface area contributed by atoms with Gasteiger partial charge in [0.05, 0.1) is 17.3 Å². The smallest absolute Gasteiger partial charge is 0.255 e. The zero-order valence-electron chi connectivity index (χ0n) is 9.95. The number of carbonyl (C=O) groups is 1. The number of rotatable bonds is 3. The number of hydrogen-bond donors (Lipinski definition) is 3. The summed E-state index contributed by atoms with van der Waals surface area (Å²) in [7, 11) is 0. The molecular weight excluding hydrogens is 220 g/mol. The average molecular weight is 238 g/mol. The molecule has 2 heterocycles. The lowest BCUT2D eigenvalue weighted by Crippen LogP contribution is -2.56. The summed E-state index contributed by atoms with van der Waals surface area (Å²) in [5.41, 5.74) is 6.79. The highest BCUT2D eigenvalue weighted by atomic mass is 16.5. The Morgan fingerprint density at radius 2 is 2.35 bits per heavy atom. The molecule has 1 aliphatic heterocycles. The van der Waals surface area contributed by atoms with Gasteiger partial charge in [-0.2, -0.15) is 5.10 Å². The largest absolute Gasteiger partial charge is 0.381 e. The van der Waals surface area contributed by atoms with Crippen molar-refractivity contribution < 1.29 is 9.53 Å². The summed E-state index contributed by atoms with van der Waals surface area (Å²) >= 11 is 0. The van der Waals surface area contributed by atoms with Crippen molar-refractivity contribution in [3.63, 3.8) is 0 Å². The first-order chi connectivity index (χ1) is 8.17. The van der Waals surface area contributed by atoms with Crippen LogP contribution in [0.3, 0.4) is 0 Å². The Bertz CT molecular complexity index is 396.